The Morgan fingerprint density at radius 1 is 1.33 bits per heavy atom. The first kappa shape index (κ1) is 17.0. The minimum atomic E-state index is -0.175. The fourth-order valence-corrected chi connectivity index (χ4v) is 3.37. The van der Waals surface area contributed by atoms with E-state index in [9.17, 15) is 4.39 Å². The van der Waals surface area contributed by atoms with Gasteiger partial charge in [-0.25, -0.2) is 4.39 Å². The third-order valence-corrected chi connectivity index (χ3v) is 5.32. The molecule has 1 unspecified atom stereocenters. The van der Waals surface area contributed by atoms with Crippen LogP contribution in [0.5, 0.6) is 0 Å². The molecule has 1 N–H and O–H groups in total. The molecule has 21 heavy (non-hydrogen) atoms. The van der Waals surface area contributed by atoms with E-state index >= 15 is 0 Å². The Labute approximate surface area is 136 Å². The highest BCUT2D eigenvalue weighted by Crippen LogP contribution is 2.34. The number of hydrogen-bond acceptors (Lipinski definition) is 1. The smallest absolute Gasteiger partial charge is 0.137 e. The van der Waals surface area contributed by atoms with Gasteiger partial charge in [0.05, 0.1) is 4.47 Å². The molecule has 1 aromatic carbocycles. The van der Waals surface area contributed by atoms with E-state index in [1.54, 1.807) is 6.07 Å². The summed E-state index contributed by atoms with van der Waals surface area (Å²) in [4.78, 5) is 0. The van der Waals surface area contributed by atoms with Crippen LogP contribution in [-0.4, -0.2) is 12.6 Å². The second kappa shape index (κ2) is 7.73. The zero-order chi connectivity index (χ0) is 15.3. The maximum Gasteiger partial charge on any atom is 0.137 e. The van der Waals surface area contributed by atoms with Crippen LogP contribution >= 0.6 is 15.9 Å². The fourth-order valence-electron chi connectivity index (χ4n) is 2.95. The molecule has 0 bridgehead atoms. The molecule has 1 aliphatic carbocycles. The zero-order valence-electron chi connectivity index (χ0n) is 13.2. The number of halogens is 2. The van der Waals surface area contributed by atoms with Crippen molar-refractivity contribution in [2.24, 2.45) is 5.41 Å². The monoisotopic (exact) mass is 355 g/mol. The normalized spacial score (nSPS) is 17.7. The van der Waals surface area contributed by atoms with Gasteiger partial charge in [-0.3, -0.25) is 0 Å². The molecule has 0 spiro atoms. The van der Waals surface area contributed by atoms with Gasteiger partial charge in [-0.2, -0.15) is 0 Å². The van der Waals surface area contributed by atoms with Crippen LogP contribution in [0.15, 0.2) is 22.7 Å². The van der Waals surface area contributed by atoms with E-state index in [0.717, 1.165) is 19.0 Å². The van der Waals surface area contributed by atoms with E-state index in [1.165, 1.54) is 44.1 Å². The highest BCUT2D eigenvalue weighted by Gasteiger charge is 2.31. The molecule has 0 amide bonds. The molecule has 0 aliphatic heterocycles. The third-order valence-electron chi connectivity index (χ3n) is 4.72. The Hall–Kier alpha value is -0.410. The molecule has 2 rings (SSSR count). The minimum Gasteiger partial charge on any atom is -0.313 e. The topological polar surface area (TPSA) is 12.0 Å². The summed E-state index contributed by atoms with van der Waals surface area (Å²) in [6.07, 6.45) is 8.60. The van der Waals surface area contributed by atoms with Crippen molar-refractivity contribution in [3.63, 3.8) is 0 Å². The molecule has 1 saturated carbocycles. The standard InChI is InChI=1S/C18H27BrFN/c1-3-5-10-18(4-2,13-21-15-7-8-15)12-14-6-9-17(20)16(19)11-14/h6,9,11,15,21H,3-5,7-8,10,12-13H2,1-2H3. The van der Waals surface area contributed by atoms with Crippen LogP contribution in [-0.2, 0) is 6.42 Å². The molecule has 1 aromatic rings. The van der Waals surface area contributed by atoms with Crippen LogP contribution in [0.3, 0.4) is 0 Å². The summed E-state index contributed by atoms with van der Waals surface area (Å²) in [7, 11) is 0. The van der Waals surface area contributed by atoms with Gasteiger partial charge < -0.3 is 5.32 Å². The molecule has 0 saturated heterocycles. The lowest BCUT2D eigenvalue weighted by Gasteiger charge is -2.34. The fraction of sp³-hybridized carbons (Fsp3) is 0.667. The Morgan fingerprint density at radius 3 is 2.67 bits per heavy atom. The zero-order valence-corrected chi connectivity index (χ0v) is 14.8. The molecule has 1 fully saturated rings. The van der Waals surface area contributed by atoms with Crippen molar-refractivity contribution in [1.29, 1.82) is 0 Å². The first-order valence-electron chi connectivity index (χ1n) is 8.26. The Bertz CT molecular complexity index is 459. The summed E-state index contributed by atoms with van der Waals surface area (Å²) in [5.74, 6) is -0.175. The third kappa shape index (κ3) is 5.07. The summed E-state index contributed by atoms with van der Waals surface area (Å²) >= 11 is 3.31. The van der Waals surface area contributed by atoms with Gasteiger partial charge in [-0.1, -0.05) is 32.8 Å². The van der Waals surface area contributed by atoms with Gasteiger partial charge in [0.2, 0.25) is 0 Å². The van der Waals surface area contributed by atoms with Gasteiger partial charge in [0, 0.05) is 12.6 Å². The highest BCUT2D eigenvalue weighted by atomic mass is 79.9. The van der Waals surface area contributed by atoms with Gasteiger partial charge in [-0.15, -0.1) is 0 Å². The summed E-state index contributed by atoms with van der Waals surface area (Å²) in [6, 6.07) is 6.21. The molecule has 118 valence electrons. The largest absolute Gasteiger partial charge is 0.313 e. The van der Waals surface area contributed by atoms with Crippen molar-refractivity contribution < 1.29 is 4.39 Å². The molecular weight excluding hydrogens is 329 g/mol. The minimum absolute atomic E-state index is 0.175. The quantitative estimate of drug-likeness (QED) is 0.619. The van der Waals surface area contributed by atoms with E-state index in [0.29, 0.717) is 9.89 Å². The summed E-state index contributed by atoms with van der Waals surface area (Å²) < 4.78 is 14.0. The van der Waals surface area contributed by atoms with Crippen LogP contribution in [0.25, 0.3) is 0 Å². The number of rotatable bonds is 9. The van der Waals surface area contributed by atoms with E-state index in [4.69, 9.17) is 0 Å². The second-order valence-corrected chi connectivity index (χ2v) is 7.39. The lowest BCUT2D eigenvalue weighted by molar-refractivity contribution is 0.228. The maximum absolute atomic E-state index is 13.4. The van der Waals surface area contributed by atoms with Crippen LogP contribution in [0.4, 0.5) is 4.39 Å². The van der Waals surface area contributed by atoms with E-state index < -0.39 is 0 Å². The molecule has 1 atom stereocenters. The predicted molar refractivity (Wildman–Crippen MR) is 91.1 cm³/mol. The molecule has 3 heteroatoms. The second-order valence-electron chi connectivity index (χ2n) is 6.54. The number of nitrogens with one attached hydrogen (secondary N) is 1. The van der Waals surface area contributed by atoms with Crippen molar-refractivity contribution in [1.82, 2.24) is 5.32 Å². The number of unbranched alkanes of at least 4 members (excludes halogenated alkanes) is 1. The van der Waals surface area contributed by atoms with E-state index in [2.05, 4.69) is 35.1 Å². The summed E-state index contributed by atoms with van der Waals surface area (Å²) in [5.41, 5.74) is 1.54. The van der Waals surface area contributed by atoms with E-state index in [1.807, 2.05) is 12.1 Å². The first-order chi connectivity index (χ1) is 10.1. The highest BCUT2D eigenvalue weighted by molar-refractivity contribution is 9.10. The first-order valence-corrected chi connectivity index (χ1v) is 9.05. The van der Waals surface area contributed by atoms with Crippen molar-refractivity contribution >= 4 is 15.9 Å². The summed E-state index contributed by atoms with van der Waals surface area (Å²) in [5, 5.41) is 3.72. The van der Waals surface area contributed by atoms with Gasteiger partial charge in [-0.05, 0) is 71.1 Å². The van der Waals surface area contributed by atoms with Crippen LogP contribution in [0.2, 0.25) is 0 Å². The van der Waals surface area contributed by atoms with Crippen molar-refractivity contribution in [3.8, 4) is 0 Å². The number of benzene rings is 1. The molecule has 0 heterocycles. The number of hydrogen-bond donors (Lipinski definition) is 1. The molecule has 1 nitrogen and oxygen atoms in total. The lowest BCUT2D eigenvalue weighted by Crippen LogP contribution is -2.37. The van der Waals surface area contributed by atoms with Crippen LogP contribution in [0, 0.1) is 11.2 Å². The summed E-state index contributed by atoms with van der Waals surface area (Å²) in [6.45, 7) is 5.63. The average molecular weight is 356 g/mol. The van der Waals surface area contributed by atoms with Crippen LogP contribution in [0.1, 0.15) is 57.9 Å². The van der Waals surface area contributed by atoms with Gasteiger partial charge in [0.1, 0.15) is 5.82 Å². The SMILES string of the molecule is CCCCC(CC)(CNC1CC1)Cc1ccc(F)c(Br)c1. The molecule has 1 aliphatic rings. The van der Waals surface area contributed by atoms with Gasteiger partial charge >= 0.3 is 0 Å². The van der Waals surface area contributed by atoms with E-state index in [-0.39, 0.29) is 5.82 Å². The van der Waals surface area contributed by atoms with Crippen molar-refractivity contribution in [2.45, 2.75) is 64.8 Å². The lowest BCUT2D eigenvalue weighted by atomic mass is 9.75. The Morgan fingerprint density at radius 2 is 2.10 bits per heavy atom. The Kier molecular flexibility index (Phi) is 6.24. The van der Waals surface area contributed by atoms with Crippen LogP contribution < -0.4 is 5.32 Å². The predicted octanol–water partition coefficient (Wildman–Crippen LogP) is 5.47. The molecule has 0 aromatic heterocycles. The van der Waals surface area contributed by atoms with Gasteiger partial charge in [0.15, 0.2) is 0 Å². The maximum atomic E-state index is 13.4. The molecule has 0 radical (unpaired) electrons. The average Bonchev–Trinajstić information content (AvgIpc) is 3.30. The molecular formula is C18H27BrFN. The Balaban J connectivity index is 2.09. The van der Waals surface area contributed by atoms with Gasteiger partial charge in [0.25, 0.3) is 0 Å². The van der Waals surface area contributed by atoms with Crippen molar-refractivity contribution in [3.05, 3.63) is 34.1 Å². The van der Waals surface area contributed by atoms with Crippen molar-refractivity contribution in [2.75, 3.05) is 6.54 Å².